The Labute approximate surface area is 188 Å². The molecule has 2 aliphatic heterocycles. The fraction of sp³-hybridized carbons (Fsp3) is 0.217. The zero-order valence-electron chi connectivity index (χ0n) is 17.4. The molecule has 0 bridgehead atoms. The van der Waals surface area contributed by atoms with Crippen molar-refractivity contribution in [2.75, 3.05) is 5.32 Å². The monoisotopic (exact) mass is 442 g/mol. The topological polar surface area (TPSA) is 122 Å². The molecule has 10 heteroatoms. The van der Waals surface area contributed by atoms with E-state index < -0.39 is 11.9 Å². The van der Waals surface area contributed by atoms with Gasteiger partial charge in [-0.25, -0.2) is 4.85 Å². The highest BCUT2D eigenvalue weighted by Gasteiger charge is 2.40. The number of carbonyl (C=O) groups excluding carboxylic acids is 3. The number of piperidine rings is 1. The Balaban J connectivity index is 1.34. The summed E-state index contributed by atoms with van der Waals surface area (Å²) in [6.45, 7) is 7.98. The molecule has 0 aliphatic carbocycles. The van der Waals surface area contributed by atoms with Crippen LogP contribution >= 0.6 is 0 Å². The third-order valence-corrected chi connectivity index (χ3v) is 5.70. The van der Waals surface area contributed by atoms with E-state index in [1.807, 2.05) is 30.3 Å². The maximum atomic E-state index is 13.1. The molecular weight excluding hydrogens is 424 g/mol. The van der Waals surface area contributed by atoms with Gasteiger partial charge < -0.3 is 14.6 Å². The average Bonchev–Trinajstić information content (AvgIpc) is 3.43. The molecule has 1 saturated heterocycles. The number of imide groups is 1. The summed E-state index contributed by atoms with van der Waals surface area (Å²) in [6.07, 6.45) is 0.448. The lowest BCUT2D eigenvalue weighted by Crippen LogP contribution is -2.52. The molecule has 2 aromatic carbocycles. The highest BCUT2D eigenvalue weighted by molar-refractivity contribution is 6.06. The minimum Gasteiger partial charge on any atom is -0.403 e. The maximum Gasteiger partial charge on any atom is 0.316 e. The number of carbonyl (C=O) groups is 3. The fourth-order valence-electron chi connectivity index (χ4n) is 4.07. The van der Waals surface area contributed by atoms with Crippen LogP contribution in [0.3, 0.4) is 0 Å². The van der Waals surface area contributed by atoms with Crippen molar-refractivity contribution in [1.82, 2.24) is 20.4 Å². The summed E-state index contributed by atoms with van der Waals surface area (Å²) < 4.78 is 5.64. The number of amides is 3. The second-order valence-electron chi connectivity index (χ2n) is 7.78. The van der Waals surface area contributed by atoms with E-state index in [0.29, 0.717) is 28.3 Å². The summed E-state index contributed by atoms with van der Waals surface area (Å²) >= 11 is 0. The molecule has 2 N–H and O–H groups in total. The minimum atomic E-state index is -0.724. The number of hydrogen-bond acceptors (Lipinski definition) is 7. The van der Waals surface area contributed by atoms with Crippen LogP contribution in [0.5, 0.6) is 0 Å². The Kier molecular flexibility index (Phi) is 5.06. The van der Waals surface area contributed by atoms with Gasteiger partial charge in [0.2, 0.25) is 17.7 Å². The van der Waals surface area contributed by atoms with Gasteiger partial charge in [-0.1, -0.05) is 29.4 Å². The van der Waals surface area contributed by atoms with Crippen LogP contribution in [-0.2, 0) is 22.7 Å². The minimum absolute atomic E-state index is 0.163. The van der Waals surface area contributed by atoms with E-state index in [4.69, 9.17) is 11.0 Å². The number of aromatic nitrogens is 2. The molecule has 33 heavy (non-hydrogen) atoms. The molecule has 164 valence electrons. The van der Waals surface area contributed by atoms with Gasteiger partial charge in [-0.15, -0.1) is 5.10 Å². The molecule has 1 atom stereocenters. The first-order chi connectivity index (χ1) is 16.0. The molecule has 3 heterocycles. The molecule has 0 radical (unpaired) electrons. The van der Waals surface area contributed by atoms with E-state index in [1.165, 1.54) is 4.90 Å². The first-order valence-electron chi connectivity index (χ1n) is 10.3. The molecule has 5 rings (SSSR count). The Morgan fingerprint density at radius 1 is 1.18 bits per heavy atom. The molecule has 1 fully saturated rings. The van der Waals surface area contributed by atoms with Gasteiger partial charge >= 0.3 is 6.01 Å². The second-order valence-corrected chi connectivity index (χ2v) is 7.78. The standard InChI is InChI=1S/C23H18N6O4/c1-24-17-10-13(11-25-23-28-27-21(33-23)14-5-3-2-4-6-14)9-15-16(17)12-29(22(15)32)18-7-8-19(30)26-20(18)31/h2-6,9-10,18H,7-8,11-12H2,(H,25,28)(H,26,30,31). The van der Waals surface area contributed by atoms with Gasteiger partial charge in [-0.2, -0.15) is 0 Å². The van der Waals surface area contributed by atoms with Gasteiger partial charge in [0, 0.05) is 30.6 Å². The van der Waals surface area contributed by atoms with Crippen LogP contribution in [0.4, 0.5) is 11.7 Å². The Morgan fingerprint density at radius 2 is 2.00 bits per heavy atom. The van der Waals surface area contributed by atoms with Crippen molar-refractivity contribution in [3.63, 3.8) is 0 Å². The quantitative estimate of drug-likeness (QED) is 0.460. The Bertz CT molecular complexity index is 1310. The van der Waals surface area contributed by atoms with Gasteiger partial charge in [0.25, 0.3) is 5.91 Å². The van der Waals surface area contributed by atoms with E-state index >= 15 is 0 Å². The predicted octanol–water partition coefficient (Wildman–Crippen LogP) is 2.66. The second kappa shape index (κ2) is 8.20. The van der Waals surface area contributed by atoms with Gasteiger partial charge in [0.05, 0.1) is 6.57 Å². The first kappa shape index (κ1) is 20.4. The van der Waals surface area contributed by atoms with Crippen LogP contribution in [0, 0.1) is 6.57 Å². The van der Waals surface area contributed by atoms with Crippen LogP contribution in [0.25, 0.3) is 16.3 Å². The number of hydrogen-bond donors (Lipinski definition) is 2. The van der Waals surface area contributed by atoms with E-state index in [9.17, 15) is 14.4 Å². The fourth-order valence-corrected chi connectivity index (χ4v) is 4.07. The van der Waals surface area contributed by atoms with Gasteiger partial charge in [-0.05, 0) is 35.7 Å². The third kappa shape index (κ3) is 3.80. The predicted molar refractivity (Wildman–Crippen MR) is 116 cm³/mol. The number of nitrogens with zero attached hydrogens (tertiary/aromatic N) is 4. The highest BCUT2D eigenvalue weighted by atomic mass is 16.4. The lowest BCUT2D eigenvalue weighted by molar-refractivity contribution is -0.136. The molecule has 1 aromatic heterocycles. The molecule has 1 unspecified atom stereocenters. The zero-order valence-corrected chi connectivity index (χ0v) is 17.4. The summed E-state index contributed by atoms with van der Waals surface area (Å²) in [5.74, 6) is -0.768. The number of rotatable bonds is 5. The van der Waals surface area contributed by atoms with E-state index in [-0.39, 0.29) is 43.8 Å². The molecule has 0 spiro atoms. The summed E-state index contributed by atoms with van der Waals surface area (Å²) in [5, 5.41) is 13.3. The van der Waals surface area contributed by atoms with Crippen LogP contribution in [-0.4, -0.2) is 38.9 Å². The van der Waals surface area contributed by atoms with Gasteiger partial charge in [0.1, 0.15) is 6.04 Å². The summed E-state index contributed by atoms with van der Waals surface area (Å²) in [6, 6.07) is 12.3. The average molecular weight is 442 g/mol. The van der Waals surface area contributed by atoms with E-state index in [2.05, 4.69) is 25.7 Å². The van der Waals surface area contributed by atoms with Crippen molar-refractivity contribution in [3.05, 3.63) is 70.6 Å². The third-order valence-electron chi connectivity index (χ3n) is 5.70. The SMILES string of the molecule is [C-]#[N+]c1cc(CNc2nnc(-c3ccccc3)o2)cc2c1CN(C1CCC(=O)NC1=O)C2=O. The number of benzene rings is 2. The van der Waals surface area contributed by atoms with Crippen molar-refractivity contribution < 1.29 is 18.8 Å². The van der Waals surface area contributed by atoms with Crippen LogP contribution in [0.15, 0.2) is 46.9 Å². The maximum absolute atomic E-state index is 13.1. The molecule has 3 aromatic rings. The van der Waals surface area contributed by atoms with Gasteiger partial charge in [-0.3, -0.25) is 19.7 Å². The lowest BCUT2D eigenvalue weighted by Gasteiger charge is -2.29. The number of fused-ring (bicyclic) bond motifs is 1. The molecular formula is C23H18N6O4. The summed E-state index contributed by atoms with van der Waals surface area (Å²) in [7, 11) is 0. The van der Waals surface area contributed by atoms with Crippen molar-refractivity contribution >= 4 is 29.4 Å². The van der Waals surface area contributed by atoms with E-state index in [0.717, 1.165) is 5.56 Å². The van der Waals surface area contributed by atoms with Crippen LogP contribution in [0.1, 0.15) is 34.3 Å². The summed E-state index contributed by atoms with van der Waals surface area (Å²) in [5.41, 5.74) is 2.82. The van der Waals surface area contributed by atoms with Crippen LogP contribution in [0.2, 0.25) is 0 Å². The molecule has 2 aliphatic rings. The smallest absolute Gasteiger partial charge is 0.316 e. The normalized spacial score (nSPS) is 17.5. The lowest BCUT2D eigenvalue weighted by atomic mass is 10.0. The van der Waals surface area contributed by atoms with Crippen molar-refractivity contribution in [2.24, 2.45) is 0 Å². The number of nitrogens with one attached hydrogen (secondary N) is 2. The Morgan fingerprint density at radius 3 is 2.76 bits per heavy atom. The molecule has 10 nitrogen and oxygen atoms in total. The molecule has 3 amide bonds. The number of anilines is 1. The van der Waals surface area contributed by atoms with Crippen molar-refractivity contribution in [1.29, 1.82) is 0 Å². The first-order valence-corrected chi connectivity index (χ1v) is 10.3. The zero-order chi connectivity index (χ0) is 22.9. The van der Waals surface area contributed by atoms with Crippen molar-refractivity contribution in [2.45, 2.75) is 32.0 Å². The largest absolute Gasteiger partial charge is 0.403 e. The van der Waals surface area contributed by atoms with Gasteiger partial charge in [0.15, 0.2) is 5.69 Å². The highest BCUT2D eigenvalue weighted by Crippen LogP contribution is 2.35. The molecule has 0 saturated carbocycles. The van der Waals surface area contributed by atoms with E-state index in [1.54, 1.807) is 12.1 Å². The van der Waals surface area contributed by atoms with Crippen molar-refractivity contribution in [3.8, 4) is 11.5 Å². The summed E-state index contributed by atoms with van der Waals surface area (Å²) in [4.78, 5) is 41.8. The Hall–Kier alpha value is -4.52. The van der Waals surface area contributed by atoms with Crippen LogP contribution < -0.4 is 10.6 Å².